The van der Waals surface area contributed by atoms with Gasteiger partial charge in [-0.1, -0.05) is 0 Å². The van der Waals surface area contributed by atoms with E-state index in [1.54, 1.807) is 0 Å². The van der Waals surface area contributed by atoms with Crippen molar-refractivity contribution in [1.29, 1.82) is 0 Å². The highest BCUT2D eigenvalue weighted by molar-refractivity contribution is 5.68. The second-order valence-corrected chi connectivity index (χ2v) is 6.00. The number of H-pyrrole nitrogens is 1. The Morgan fingerprint density at radius 1 is 1.07 bits per heavy atom. The van der Waals surface area contributed by atoms with Gasteiger partial charge in [0.15, 0.2) is 12.2 Å². The van der Waals surface area contributed by atoms with Crippen molar-refractivity contribution in [3.05, 3.63) is 32.6 Å². The first-order valence-electron chi connectivity index (χ1n) is 8.03. The molecule has 1 N–H and O–H groups in total. The predicted octanol–water partition coefficient (Wildman–Crippen LogP) is -1.06. The van der Waals surface area contributed by atoms with Crippen LogP contribution in [0.15, 0.2) is 15.8 Å². The van der Waals surface area contributed by atoms with Gasteiger partial charge in [0, 0.05) is 34.0 Å². The lowest BCUT2D eigenvalue weighted by atomic mass is 10.0. The number of ether oxygens (including phenoxy) is 4. The van der Waals surface area contributed by atoms with Crippen LogP contribution < -0.4 is 11.2 Å². The zero-order chi connectivity index (χ0) is 20.3. The van der Waals surface area contributed by atoms with Gasteiger partial charge in [0.25, 0.3) is 5.56 Å². The van der Waals surface area contributed by atoms with Gasteiger partial charge in [0.2, 0.25) is 0 Å². The summed E-state index contributed by atoms with van der Waals surface area (Å²) in [6, 6.07) is 0. The van der Waals surface area contributed by atoms with E-state index >= 15 is 0 Å². The van der Waals surface area contributed by atoms with E-state index in [9.17, 15) is 24.0 Å². The fourth-order valence-electron chi connectivity index (χ4n) is 2.75. The van der Waals surface area contributed by atoms with Gasteiger partial charge in [-0.2, -0.15) is 0 Å². The molecular weight excluding hydrogens is 364 g/mol. The molecule has 0 radical (unpaired) electrons. The monoisotopic (exact) mass is 384 g/mol. The predicted molar refractivity (Wildman–Crippen MR) is 87.7 cm³/mol. The Bertz CT molecular complexity index is 856. The smallest absolute Gasteiger partial charge is 0.328 e. The SMILES string of the molecule is CC(=O)OC[C@H]1O[C@@H](c2cn(C)c(=O)[nH]c2=O)[C@H](OC(C)=O)[C@@H]1OC(C)=O. The fraction of sp³-hybridized carbons (Fsp3) is 0.562. The van der Waals surface area contributed by atoms with Crippen molar-refractivity contribution >= 4 is 17.9 Å². The molecule has 0 amide bonds. The van der Waals surface area contributed by atoms with Crippen LogP contribution in [-0.2, 0) is 40.4 Å². The third-order valence-electron chi connectivity index (χ3n) is 3.81. The van der Waals surface area contributed by atoms with E-state index in [0.717, 1.165) is 18.4 Å². The molecule has 0 aliphatic carbocycles. The third-order valence-corrected chi connectivity index (χ3v) is 3.81. The zero-order valence-corrected chi connectivity index (χ0v) is 15.2. The summed E-state index contributed by atoms with van der Waals surface area (Å²) in [7, 11) is 1.41. The highest BCUT2D eigenvalue weighted by Crippen LogP contribution is 2.36. The van der Waals surface area contributed by atoms with E-state index < -0.39 is 53.6 Å². The minimum atomic E-state index is -1.18. The molecule has 1 aromatic rings. The molecule has 148 valence electrons. The summed E-state index contributed by atoms with van der Waals surface area (Å²) < 4.78 is 22.2. The molecule has 1 saturated heterocycles. The molecule has 0 bridgehead atoms. The van der Waals surface area contributed by atoms with Gasteiger partial charge in [-0.3, -0.25) is 24.2 Å². The van der Waals surface area contributed by atoms with E-state index in [2.05, 4.69) is 4.98 Å². The molecule has 0 unspecified atom stereocenters. The van der Waals surface area contributed by atoms with Gasteiger partial charge in [-0.25, -0.2) is 4.79 Å². The van der Waals surface area contributed by atoms with Crippen molar-refractivity contribution in [2.45, 2.75) is 45.2 Å². The second-order valence-electron chi connectivity index (χ2n) is 6.00. The number of rotatable bonds is 5. The molecule has 2 rings (SSSR count). The number of esters is 3. The maximum Gasteiger partial charge on any atom is 0.328 e. The number of nitrogens with zero attached hydrogens (tertiary/aromatic N) is 1. The summed E-state index contributed by atoms with van der Waals surface area (Å²) in [5, 5.41) is 0. The van der Waals surface area contributed by atoms with Crippen LogP contribution in [-0.4, -0.2) is 52.4 Å². The minimum absolute atomic E-state index is 0.00849. The van der Waals surface area contributed by atoms with Crippen molar-refractivity contribution in [2.75, 3.05) is 6.61 Å². The highest BCUT2D eigenvalue weighted by Gasteiger charge is 2.51. The molecule has 1 aliphatic rings. The first-order chi connectivity index (χ1) is 12.6. The van der Waals surface area contributed by atoms with Crippen molar-refractivity contribution in [3.63, 3.8) is 0 Å². The van der Waals surface area contributed by atoms with Crippen LogP contribution in [0.25, 0.3) is 0 Å². The lowest BCUT2D eigenvalue weighted by Gasteiger charge is -2.23. The number of carbonyl (C=O) groups is 3. The summed E-state index contributed by atoms with van der Waals surface area (Å²) in [6.07, 6.45) is -3.18. The average molecular weight is 384 g/mol. The Hall–Kier alpha value is -2.95. The molecule has 2 heterocycles. The maximum atomic E-state index is 12.2. The van der Waals surface area contributed by atoms with Crippen molar-refractivity contribution in [3.8, 4) is 0 Å². The van der Waals surface area contributed by atoms with Crippen molar-refractivity contribution in [2.24, 2.45) is 7.05 Å². The van der Waals surface area contributed by atoms with Gasteiger partial charge < -0.3 is 23.5 Å². The number of aryl methyl sites for hydroxylation is 1. The quantitative estimate of drug-likeness (QED) is 0.496. The number of hydrogen-bond donors (Lipinski definition) is 1. The van der Waals surface area contributed by atoms with Gasteiger partial charge in [-0.05, 0) is 0 Å². The van der Waals surface area contributed by atoms with E-state index in [1.165, 1.54) is 20.2 Å². The topological polar surface area (TPSA) is 143 Å². The van der Waals surface area contributed by atoms with E-state index in [-0.39, 0.29) is 12.2 Å². The van der Waals surface area contributed by atoms with Crippen LogP contribution in [0.4, 0.5) is 0 Å². The molecule has 1 fully saturated rings. The molecule has 27 heavy (non-hydrogen) atoms. The molecule has 1 aliphatic heterocycles. The molecule has 11 nitrogen and oxygen atoms in total. The van der Waals surface area contributed by atoms with Crippen LogP contribution in [0.5, 0.6) is 0 Å². The Kier molecular flexibility index (Phi) is 6.16. The van der Waals surface area contributed by atoms with Crippen LogP contribution in [0.1, 0.15) is 32.4 Å². The number of carbonyl (C=O) groups excluding carboxylic acids is 3. The van der Waals surface area contributed by atoms with Gasteiger partial charge in [0.1, 0.15) is 18.8 Å². The van der Waals surface area contributed by atoms with Crippen LogP contribution in [0, 0.1) is 0 Å². The van der Waals surface area contributed by atoms with Gasteiger partial charge >= 0.3 is 23.6 Å². The van der Waals surface area contributed by atoms with Crippen LogP contribution in [0.3, 0.4) is 0 Å². The Balaban J connectivity index is 2.47. The Morgan fingerprint density at radius 2 is 1.67 bits per heavy atom. The lowest BCUT2D eigenvalue weighted by Crippen LogP contribution is -2.41. The first kappa shape index (κ1) is 20.4. The molecule has 0 aromatic carbocycles. The summed E-state index contributed by atoms with van der Waals surface area (Å²) in [5.41, 5.74) is -1.39. The molecule has 0 spiro atoms. The third kappa shape index (κ3) is 4.82. The highest BCUT2D eigenvalue weighted by atomic mass is 16.6. The number of aromatic amines is 1. The molecule has 0 saturated carbocycles. The van der Waals surface area contributed by atoms with E-state index in [4.69, 9.17) is 18.9 Å². The van der Waals surface area contributed by atoms with Crippen molar-refractivity contribution < 1.29 is 33.3 Å². The summed E-state index contributed by atoms with van der Waals surface area (Å²) in [4.78, 5) is 60.1. The molecular formula is C16H20N2O9. The molecule has 4 atom stereocenters. The van der Waals surface area contributed by atoms with Crippen molar-refractivity contribution in [1.82, 2.24) is 9.55 Å². The lowest BCUT2D eigenvalue weighted by molar-refractivity contribution is -0.165. The van der Waals surface area contributed by atoms with E-state index in [0.29, 0.717) is 0 Å². The average Bonchev–Trinajstić information content (AvgIpc) is 2.85. The number of nitrogens with one attached hydrogen (secondary N) is 1. The summed E-state index contributed by atoms with van der Waals surface area (Å²) >= 11 is 0. The molecule has 1 aromatic heterocycles. The van der Waals surface area contributed by atoms with E-state index in [1.807, 2.05) is 0 Å². The minimum Gasteiger partial charge on any atom is -0.463 e. The second kappa shape index (κ2) is 8.16. The summed E-state index contributed by atoms with van der Waals surface area (Å²) in [6.45, 7) is 3.20. The standard InChI is InChI=1S/C16H20N2O9/c1-7(19)24-6-11-13(25-8(2)20)14(26-9(3)21)12(27-11)10-5-18(4)16(23)17-15(10)22/h5,11-14H,6H2,1-4H3,(H,17,22,23)/t11-,12+,13-,14+/m1/s1. The van der Waals surface area contributed by atoms with Crippen LogP contribution >= 0.6 is 0 Å². The largest absolute Gasteiger partial charge is 0.463 e. The summed E-state index contributed by atoms with van der Waals surface area (Å²) in [5.74, 6) is -1.96. The Morgan fingerprint density at radius 3 is 2.22 bits per heavy atom. The van der Waals surface area contributed by atoms with Gasteiger partial charge in [-0.15, -0.1) is 0 Å². The van der Waals surface area contributed by atoms with Crippen LogP contribution in [0.2, 0.25) is 0 Å². The zero-order valence-electron chi connectivity index (χ0n) is 15.2. The normalized spacial score (nSPS) is 24.3. The molecule has 11 heteroatoms. The Labute approximate surface area is 153 Å². The maximum absolute atomic E-state index is 12.2. The fourth-order valence-corrected chi connectivity index (χ4v) is 2.75. The number of hydrogen-bond acceptors (Lipinski definition) is 9. The first-order valence-corrected chi connectivity index (χ1v) is 8.03. The number of aromatic nitrogens is 2. The van der Waals surface area contributed by atoms with Gasteiger partial charge in [0.05, 0.1) is 5.56 Å².